The first kappa shape index (κ1) is 11.8. The first-order valence-electron chi connectivity index (χ1n) is 5.58. The Morgan fingerprint density at radius 2 is 2.06 bits per heavy atom. The Bertz CT molecular complexity index is 480. The van der Waals surface area contributed by atoms with E-state index in [1.165, 1.54) is 11.1 Å². The summed E-state index contributed by atoms with van der Waals surface area (Å²) in [6.07, 6.45) is 3.65. The number of aliphatic hydroxyl groups is 1. The van der Waals surface area contributed by atoms with E-state index in [1.807, 2.05) is 25.3 Å². The van der Waals surface area contributed by atoms with E-state index in [0.717, 1.165) is 12.3 Å². The van der Waals surface area contributed by atoms with Gasteiger partial charge in [-0.15, -0.1) is 0 Å². The molecule has 4 heteroatoms. The van der Waals surface area contributed by atoms with Crippen LogP contribution in [0.3, 0.4) is 0 Å². The molecule has 0 aliphatic heterocycles. The van der Waals surface area contributed by atoms with Crippen molar-refractivity contribution in [2.24, 2.45) is 0 Å². The number of nitrogens with zero attached hydrogens (tertiary/aromatic N) is 1. The fraction of sp³-hybridized carbons (Fsp3) is 0.308. The van der Waals surface area contributed by atoms with Gasteiger partial charge >= 0.3 is 0 Å². The van der Waals surface area contributed by atoms with Crippen molar-refractivity contribution >= 4 is 0 Å². The van der Waals surface area contributed by atoms with Gasteiger partial charge < -0.3 is 14.8 Å². The number of aliphatic hydroxyl groups excluding tert-OH is 1. The average Bonchev–Trinajstić information content (AvgIpc) is 2.80. The number of furan rings is 1. The van der Waals surface area contributed by atoms with Gasteiger partial charge in [0.15, 0.2) is 0 Å². The molecule has 4 nitrogen and oxygen atoms in total. The Hall–Kier alpha value is -1.65. The lowest BCUT2D eigenvalue weighted by Crippen LogP contribution is -2.13. The second kappa shape index (κ2) is 5.61. The van der Waals surface area contributed by atoms with E-state index < -0.39 is 0 Å². The monoisotopic (exact) mass is 232 g/mol. The minimum atomic E-state index is -0.0521. The van der Waals surface area contributed by atoms with E-state index in [2.05, 4.69) is 10.3 Å². The lowest BCUT2D eigenvalue weighted by atomic mass is 10.1. The van der Waals surface area contributed by atoms with Gasteiger partial charge in [-0.1, -0.05) is 0 Å². The lowest BCUT2D eigenvalue weighted by molar-refractivity contribution is 0.242. The SMILES string of the molecule is Cc1cnccc1CNCc1ccc(CO)o1. The summed E-state index contributed by atoms with van der Waals surface area (Å²) in [5.41, 5.74) is 2.41. The van der Waals surface area contributed by atoms with Crippen LogP contribution in [0, 0.1) is 6.92 Å². The van der Waals surface area contributed by atoms with E-state index >= 15 is 0 Å². The van der Waals surface area contributed by atoms with Gasteiger partial charge in [0.05, 0.1) is 6.54 Å². The number of aromatic nitrogens is 1. The quantitative estimate of drug-likeness (QED) is 0.824. The zero-order valence-electron chi connectivity index (χ0n) is 9.81. The molecule has 2 heterocycles. The van der Waals surface area contributed by atoms with Gasteiger partial charge in [0.1, 0.15) is 18.1 Å². The molecule has 90 valence electrons. The summed E-state index contributed by atoms with van der Waals surface area (Å²) in [5.74, 6) is 1.43. The van der Waals surface area contributed by atoms with Crippen molar-refractivity contribution in [3.05, 3.63) is 53.2 Å². The molecular weight excluding hydrogens is 216 g/mol. The molecule has 2 aromatic heterocycles. The maximum absolute atomic E-state index is 8.87. The Morgan fingerprint density at radius 1 is 1.24 bits per heavy atom. The summed E-state index contributed by atoms with van der Waals surface area (Å²) in [5, 5.41) is 12.2. The molecule has 0 saturated carbocycles. The number of aryl methyl sites for hydroxylation is 1. The molecule has 2 N–H and O–H groups in total. The highest BCUT2D eigenvalue weighted by Gasteiger charge is 2.01. The van der Waals surface area contributed by atoms with Gasteiger partial charge in [0.25, 0.3) is 0 Å². The van der Waals surface area contributed by atoms with E-state index in [4.69, 9.17) is 9.52 Å². The van der Waals surface area contributed by atoms with Crippen LogP contribution >= 0.6 is 0 Å². The van der Waals surface area contributed by atoms with Gasteiger partial charge in [-0.2, -0.15) is 0 Å². The Labute approximate surface area is 100 Å². The molecule has 0 aliphatic rings. The molecule has 0 fully saturated rings. The third-order valence-electron chi connectivity index (χ3n) is 2.62. The van der Waals surface area contributed by atoms with Crippen molar-refractivity contribution in [1.29, 1.82) is 0 Å². The number of nitrogens with one attached hydrogen (secondary N) is 1. The summed E-state index contributed by atoms with van der Waals surface area (Å²) in [4.78, 5) is 4.05. The third kappa shape index (κ3) is 3.15. The smallest absolute Gasteiger partial charge is 0.129 e. The molecule has 0 aromatic carbocycles. The molecule has 0 unspecified atom stereocenters. The average molecular weight is 232 g/mol. The normalized spacial score (nSPS) is 10.7. The van der Waals surface area contributed by atoms with Gasteiger partial charge in [-0.25, -0.2) is 0 Å². The zero-order valence-corrected chi connectivity index (χ0v) is 9.81. The van der Waals surface area contributed by atoms with Crippen LogP contribution in [0.5, 0.6) is 0 Å². The fourth-order valence-electron chi connectivity index (χ4n) is 1.62. The Morgan fingerprint density at radius 3 is 2.76 bits per heavy atom. The number of rotatable bonds is 5. The molecule has 0 aliphatic carbocycles. The third-order valence-corrected chi connectivity index (χ3v) is 2.62. The van der Waals surface area contributed by atoms with E-state index in [-0.39, 0.29) is 6.61 Å². The Kier molecular flexibility index (Phi) is 3.90. The van der Waals surface area contributed by atoms with Crippen molar-refractivity contribution in [2.75, 3.05) is 0 Å². The molecule has 0 saturated heterocycles. The summed E-state index contributed by atoms with van der Waals surface area (Å²) in [7, 11) is 0. The summed E-state index contributed by atoms with van der Waals surface area (Å²) in [6, 6.07) is 5.66. The van der Waals surface area contributed by atoms with E-state index in [9.17, 15) is 0 Å². The van der Waals surface area contributed by atoms with Crippen molar-refractivity contribution in [1.82, 2.24) is 10.3 Å². The summed E-state index contributed by atoms with van der Waals surface area (Å²) < 4.78 is 5.38. The molecule has 0 radical (unpaired) electrons. The van der Waals surface area contributed by atoms with Gasteiger partial charge in [-0.3, -0.25) is 4.98 Å². The standard InChI is InChI=1S/C13H16N2O2/c1-10-6-14-5-4-11(10)7-15-8-12-2-3-13(9-16)17-12/h2-6,15-16H,7-9H2,1H3. The molecule has 2 aromatic rings. The van der Waals surface area contributed by atoms with Crippen LogP contribution in [-0.2, 0) is 19.7 Å². The van der Waals surface area contributed by atoms with Crippen molar-refractivity contribution in [3.8, 4) is 0 Å². The summed E-state index contributed by atoms with van der Waals surface area (Å²) >= 11 is 0. The second-order valence-corrected chi connectivity index (χ2v) is 3.93. The van der Waals surface area contributed by atoms with Crippen molar-refractivity contribution in [3.63, 3.8) is 0 Å². The molecule has 0 spiro atoms. The van der Waals surface area contributed by atoms with Crippen LogP contribution in [0.2, 0.25) is 0 Å². The van der Waals surface area contributed by atoms with Crippen LogP contribution in [0.4, 0.5) is 0 Å². The predicted molar refractivity (Wildman–Crippen MR) is 64.1 cm³/mol. The molecule has 0 bridgehead atoms. The zero-order chi connectivity index (χ0) is 12.1. The minimum absolute atomic E-state index is 0.0521. The van der Waals surface area contributed by atoms with Gasteiger partial charge in [0.2, 0.25) is 0 Å². The molecule has 0 atom stereocenters. The van der Waals surface area contributed by atoms with Crippen molar-refractivity contribution in [2.45, 2.75) is 26.6 Å². The van der Waals surface area contributed by atoms with Gasteiger partial charge in [0, 0.05) is 18.9 Å². The highest BCUT2D eigenvalue weighted by Crippen LogP contribution is 2.08. The van der Waals surface area contributed by atoms with E-state index in [0.29, 0.717) is 12.3 Å². The van der Waals surface area contributed by atoms with Crippen LogP contribution in [0.15, 0.2) is 35.0 Å². The highest BCUT2D eigenvalue weighted by atomic mass is 16.4. The lowest BCUT2D eigenvalue weighted by Gasteiger charge is -2.05. The molecule has 17 heavy (non-hydrogen) atoms. The molecular formula is C13H16N2O2. The van der Waals surface area contributed by atoms with Crippen LogP contribution in [0.25, 0.3) is 0 Å². The predicted octanol–water partition coefficient (Wildman–Crippen LogP) is 1.77. The number of pyridine rings is 1. The molecule has 2 rings (SSSR count). The molecule has 0 amide bonds. The highest BCUT2D eigenvalue weighted by molar-refractivity contribution is 5.21. The second-order valence-electron chi connectivity index (χ2n) is 3.93. The van der Waals surface area contributed by atoms with Crippen LogP contribution in [0.1, 0.15) is 22.6 Å². The van der Waals surface area contributed by atoms with Gasteiger partial charge in [-0.05, 0) is 36.2 Å². The van der Waals surface area contributed by atoms with Crippen LogP contribution < -0.4 is 5.32 Å². The fourth-order valence-corrected chi connectivity index (χ4v) is 1.62. The maximum atomic E-state index is 8.87. The maximum Gasteiger partial charge on any atom is 0.129 e. The number of hydrogen-bond donors (Lipinski definition) is 2. The van der Waals surface area contributed by atoms with Crippen molar-refractivity contribution < 1.29 is 9.52 Å². The number of hydrogen-bond acceptors (Lipinski definition) is 4. The Balaban J connectivity index is 1.85. The largest absolute Gasteiger partial charge is 0.462 e. The first-order valence-corrected chi connectivity index (χ1v) is 5.58. The topological polar surface area (TPSA) is 58.3 Å². The summed E-state index contributed by atoms with van der Waals surface area (Å²) in [6.45, 7) is 3.43. The minimum Gasteiger partial charge on any atom is -0.462 e. The van der Waals surface area contributed by atoms with E-state index in [1.54, 1.807) is 12.3 Å². The van der Waals surface area contributed by atoms with Crippen LogP contribution in [-0.4, -0.2) is 10.1 Å². The first-order chi connectivity index (χ1) is 8.29.